The van der Waals surface area contributed by atoms with E-state index in [2.05, 4.69) is 42.2 Å². The van der Waals surface area contributed by atoms with Crippen LogP contribution >= 0.6 is 0 Å². The second kappa shape index (κ2) is 10.9. The van der Waals surface area contributed by atoms with Gasteiger partial charge in [0, 0.05) is 26.2 Å². The molecular weight excluding hydrogens is 386 g/mol. The quantitative estimate of drug-likeness (QED) is 0.386. The molecule has 0 aliphatic carbocycles. The molecule has 1 aliphatic heterocycles. The van der Waals surface area contributed by atoms with Crippen LogP contribution < -0.4 is 11.1 Å². The van der Waals surface area contributed by atoms with Crippen LogP contribution in [0.15, 0.2) is 35.3 Å². The van der Waals surface area contributed by atoms with Gasteiger partial charge in [-0.1, -0.05) is 32.0 Å². The molecule has 31 heavy (non-hydrogen) atoms. The third-order valence-corrected chi connectivity index (χ3v) is 5.66. The predicted octanol–water partition coefficient (Wildman–Crippen LogP) is 3.59. The van der Waals surface area contributed by atoms with E-state index in [1.54, 1.807) is 4.68 Å². The fraction of sp³-hybridized carbons (Fsp3) is 0.542. The van der Waals surface area contributed by atoms with Crippen LogP contribution in [0, 0.1) is 23.2 Å². The Balaban J connectivity index is 1.62. The summed E-state index contributed by atoms with van der Waals surface area (Å²) < 4.78 is 1.65. The molecule has 1 aromatic carbocycles. The lowest BCUT2D eigenvalue weighted by Gasteiger charge is -2.22. The van der Waals surface area contributed by atoms with Gasteiger partial charge < -0.3 is 16.0 Å². The van der Waals surface area contributed by atoms with Gasteiger partial charge in [-0.25, -0.2) is 4.68 Å². The molecular formula is C24H35N7. The van der Waals surface area contributed by atoms with Crippen molar-refractivity contribution in [3.8, 4) is 11.8 Å². The summed E-state index contributed by atoms with van der Waals surface area (Å²) in [6.45, 7) is 10.4. The Morgan fingerprint density at radius 3 is 2.81 bits per heavy atom. The number of nitrogen functional groups attached to an aromatic ring is 1. The van der Waals surface area contributed by atoms with E-state index < -0.39 is 0 Å². The highest BCUT2D eigenvalue weighted by atomic mass is 15.3. The molecule has 0 amide bonds. The van der Waals surface area contributed by atoms with Gasteiger partial charge in [0.05, 0.1) is 11.4 Å². The Bertz CT molecular complexity index is 908. The number of nitrogens with zero attached hydrogens (tertiary/aromatic N) is 5. The topological polar surface area (TPSA) is 95.3 Å². The van der Waals surface area contributed by atoms with Crippen molar-refractivity contribution in [1.29, 1.82) is 5.26 Å². The number of nitrogens with two attached hydrogens (primary N) is 1. The van der Waals surface area contributed by atoms with Gasteiger partial charge in [-0.3, -0.25) is 4.99 Å². The first kappa shape index (κ1) is 22.7. The normalized spacial score (nSPS) is 16.7. The lowest BCUT2D eigenvalue weighted by Crippen LogP contribution is -2.40. The molecule has 0 radical (unpaired) electrons. The number of benzene rings is 1. The smallest absolute Gasteiger partial charge is 0.193 e. The summed E-state index contributed by atoms with van der Waals surface area (Å²) in [6.07, 6.45) is 4.01. The molecule has 2 aromatic rings. The molecule has 0 spiro atoms. The van der Waals surface area contributed by atoms with Crippen molar-refractivity contribution in [1.82, 2.24) is 20.0 Å². The van der Waals surface area contributed by atoms with Gasteiger partial charge in [0.25, 0.3) is 0 Å². The SMILES string of the molecule is CCNC(=NCCCc1nn(-c2ccccc2)c(N)c1C#N)N1CCC(CC(C)C)C1. The summed E-state index contributed by atoms with van der Waals surface area (Å²) in [5.74, 6) is 2.89. The molecule has 3 N–H and O–H groups in total. The molecule has 1 unspecified atom stereocenters. The first-order chi connectivity index (χ1) is 15.0. The molecule has 7 nitrogen and oxygen atoms in total. The zero-order valence-electron chi connectivity index (χ0n) is 19.0. The van der Waals surface area contributed by atoms with Crippen LogP contribution in [0.2, 0.25) is 0 Å². The number of guanidine groups is 1. The summed E-state index contributed by atoms with van der Waals surface area (Å²) in [4.78, 5) is 7.24. The van der Waals surface area contributed by atoms with Crippen molar-refractivity contribution in [3.05, 3.63) is 41.6 Å². The number of nitriles is 1. The van der Waals surface area contributed by atoms with E-state index >= 15 is 0 Å². The van der Waals surface area contributed by atoms with Crippen molar-refractivity contribution in [2.75, 3.05) is 31.9 Å². The molecule has 166 valence electrons. The Labute approximate surface area is 186 Å². The first-order valence-electron chi connectivity index (χ1n) is 11.4. The zero-order valence-corrected chi connectivity index (χ0v) is 19.0. The second-order valence-electron chi connectivity index (χ2n) is 8.64. The van der Waals surface area contributed by atoms with E-state index in [4.69, 9.17) is 10.7 Å². The van der Waals surface area contributed by atoms with Gasteiger partial charge >= 0.3 is 0 Å². The van der Waals surface area contributed by atoms with Crippen molar-refractivity contribution in [2.24, 2.45) is 16.8 Å². The number of anilines is 1. The highest BCUT2D eigenvalue weighted by Gasteiger charge is 2.25. The number of rotatable bonds is 8. The number of likely N-dealkylation sites (tertiary alicyclic amines) is 1. The standard InChI is InChI=1S/C24H35N7/c1-4-27-24(30-14-12-19(17-30)15-18(2)3)28-13-8-11-22-21(16-25)23(26)31(29-22)20-9-6-5-7-10-20/h5-7,9-10,18-19H,4,8,11-15,17,26H2,1-3H3,(H,27,28). The van der Waals surface area contributed by atoms with Crippen LogP contribution in [0.25, 0.3) is 5.69 Å². The Hall–Kier alpha value is -3.01. The van der Waals surface area contributed by atoms with E-state index in [1.807, 2.05) is 30.3 Å². The van der Waals surface area contributed by atoms with Crippen molar-refractivity contribution < 1.29 is 0 Å². The number of para-hydroxylation sites is 1. The summed E-state index contributed by atoms with van der Waals surface area (Å²) in [5, 5.41) is 17.6. The fourth-order valence-electron chi connectivity index (χ4n) is 4.28. The minimum Gasteiger partial charge on any atom is -0.382 e. The third-order valence-electron chi connectivity index (χ3n) is 5.66. The maximum atomic E-state index is 9.58. The van der Waals surface area contributed by atoms with Crippen molar-refractivity contribution in [3.63, 3.8) is 0 Å². The van der Waals surface area contributed by atoms with E-state index in [0.717, 1.165) is 55.2 Å². The van der Waals surface area contributed by atoms with Gasteiger partial charge in [0.15, 0.2) is 5.96 Å². The Morgan fingerprint density at radius 1 is 1.35 bits per heavy atom. The van der Waals surface area contributed by atoms with Gasteiger partial charge in [-0.05, 0) is 56.6 Å². The number of aromatic nitrogens is 2. The minimum absolute atomic E-state index is 0.397. The predicted molar refractivity (Wildman–Crippen MR) is 126 cm³/mol. The van der Waals surface area contributed by atoms with E-state index in [1.165, 1.54) is 12.8 Å². The second-order valence-corrected chi connectivity index (χ2v) is 8.64. The summed E-state index contributed by atoms with van der Waals surface area (Å²) in [6, 6.07) is 11.9. The maximum absolute atomic E-state index is 9.58. The maximum Gasteiger partial charge on any atom is 0.193 e. The van der Waals surface area contributed by atoms with Crippen LogP contribution in [0.4, 0.5) is 5.82 Å². The summed E-state index contributed by atoms with van der Waals surface area (Å²) >= 11 is 0. The van der Waals surface area contributed by atoms with E-state index in [0.29, 0.717) is 24.3 Å². The van der Waals surface area contributed by atoms with Gasteiger partial charge in [0.1, 0.15) is 17.5 Å². The van der Waals surface area contributed by atoms with Crippen molar-refractivity contribution >= 4 is 11.8 Å². The summed E-state index contributed by atoms with van der Waals surface area (Å²) in [7, 11) is 0. The minimum atomic E-state index is 0.397. The zero-order chi connectivity index (χ0) is 22.2. The lowest BCUT2D eigenvalue weighted by atomic mass is 9.97. The number of aliphatic imine (C=N–C) groups is 1. The molecule has 1 aliphatic rings. The number of aryl methyl sites for hydroxylation is 1. The number of hydrogen-bond donors (Lipinski definition) is 2. The molecule has 2 heterocycles. The number of nitrogens with one attached hydrogen (secondary N) is 1. The fourth-order valence-corrected chi connectivity index (χ4v) is 4.28. The molecule has 0 saturated carbocycles. The van der Waals surface area contributed by atoms with Crippen LogP contribution in [0.3, 0.4) is 0 Å². The van der Waals surface area contributed by atoms with E-state index in [-0.39, 0.29) is 0 Å². The molecule has 3 rings (SSSR count). The average molecular weight is 422 g/mol. The highest BCUT2D eigenvalue weighted by molar-refractivity contribution is 5.80. The monoisotopic (exact) mass is 421 g/mol. The molecule has 7 heteroatoms. The van der Waals surface area contributed by atoms with Crippen LogP contribution in [0.1, 0.15) is 51.3 Å². The molecule has 1 fully saturated rings. The number of hydrogen-bond acceptors (Lipinski definition) is 4. The first-order valence-corrected chi connectivity index (χ1v) is 11.4. The molecule has 1 aromatic heterocycles. The molecule has 0 bridgehead atoms. The van der Waals surface area contributed by atoms with Gasteiger partial charge in [-0.15, -0.1) is 0 Å². The largest absolute Gasteiger partial charge is 0.382 e. The lowest BCUT2D eigenvalue weighted by molar-refractivity contribution is 0.403. The Morgan fingerprint density at radius 2 is 2.13 bits per heavy atom. The van der Waals surface area contributed by atoms with Gasteiger partial charge in [0.2, 0.25) is 0 Å². The average Bonchev–Trinajstić information content (AvgIpc) is 3.34. The molecule has 1 saturated heterocycles. The summed E-state index contributed by atoms with van der Waals surface area (Å²) in [5.41, 5.74) is 8.27. The van der Waals surface area contributed by atoms with Gasteiger partial charge in [-0.2, -0.15) is 10.4 Å². The Kier molecular flexibility index (Phi) is 7.94. The van der Waals surface area contributed by atoms with Crippen LogP contribution in [-0.4, -0.2) is 46.8 Å². The molecule has 1 atom stereocenters. The van der Waals surface area contributed by atoms with Crippen LogP contribution in [-0.2, 0) is 6.42 Å². The third kappa shape index (κ3) is 5.78. The highest BCUT2D eigenvalue weighted by Crippen LogP contribution is 2.24. The van der Waals surface area contributed by atoms with Crippen LogP contribution in [0.5, 0.6) is 0 Å². The van der Waals surface area contributed by atoms with Crippen molar-refractivity contribution in [2.45, 2.75) is 46.5 Å². The van der Waals surface area contributed by atoms with E-state index in [9.17, 15) is 5.26 Å².